The highest BCUT2D eigenvalue weighted by Crippen LogP contribution is 2.00. The summed E-state index contributed by atoms with van der Waals surface area (Å²) in [7, 11) is 0. The van der Waals surface area contributed by atoms with Gasteiger partial charge in [-0.1, -0.05) is 24.8 Å². The van der Waals surface area contributed by atoms with E-state index in [4.69, 9.17) is 28.4 Å². The third-order valence-corrected chi connectivity index (χ3v) is 3.23. The first-order chi connectivity index (χ1) is 13.7. The molecule has 0 heterocycles. The van der Waals surface area contributed by atoms with E-state index in [0.29, 0.717) is 58.4 Å². The molecule has 0 aliphatic rings. The first-order valence-corrected chi connectivity index (χ1v) is 9.06. The van der Waals surface area contributed by atoms with Gasteiger partial charge in [-0.05, 0) is 12.1 Å². The molecule has 0 aliphatic heterocycles. The highest BCUT2D eigenvalue weighted by atomic mass is 16.6. The van der Waals surface area contributed by atoms with Gasteiger partial charge < -0.3 is 28.4 Å². The van der Waals surface area contributed by atoms with Crippen LogP contribution in [-0.4, -0.2) is 78.0 Å². The molecule has 0 aromatic heterocycles. The molecule has 0 saturated heterocycles. The molecule has 0 amide bonds. The van der Waals surface area contributed by atoms with Crippen molar-refractivity contribution in [3.8, 4) is 0 Å². The summed E-state index contributed by atoms with van der Waals surface area (Å²) in [6.07, 6.45) is 1.11. The topological polar surface area (TPSA) is 89.5 Å². The monoisotopic (exact) mass is 396 g/mol. The van der Waals surface area contributed by atoms with E-state index < -0.39 is 5.97 Å². The highest BCUT2D eigenvalue weighted by Gasteiger charge is 2.04. The lowest BCUT2D eigenvalue weighted by molar-refractivity contribution is -0.139. The van der Waals surface area contributed by atoms with Crippen molar-refractivity contribution in [1.82, 2.24) is 0 Å². The molecule has 0 radical (unpaired) electrons. The van der Waals surface area contributed by atoms with Crippen LogP contribution in [0.2, 0.25) is 0 Å². The molecule has 1 aromatic carbocycles. The van der Waals surface area contributed by atoms with Crippen LogP contribution >= 0.6 is 0 Å². The number of benzene rings is 1. The second kappa shape index (κ2) is 16.9. The Hall–Kier alpha value is -2.26. The summed E-state index contributed by atoms with van der Waals surface area (Å²) in [5, 5.41) is 0. The number of esters is 2. The minimum atomic E-state index is -0.464. The van der Waals surface area contributed by atoms with Crippen LogP contribution in [-0.2, 0) is 33.2 Å². The minimum Gasteiger partial charge on any atom is -0.460 e. The van der Waals surface area contributed by atoms with Crippen LogP contribution in [0.5, 0.6) is 0 Å². The minimum absolute atomic E-state index is 0.194. The Bertz CT molecular complexity index is 546. The van der Waals surface area contributed by atoms with Gasteiger partial charge in [0.15, 0.2) is 0 Å². The zero-order valence-corrected chi connectivity index (χ0v) is 16.0. The SMILES string of the molecule is C=CC(=O)OCCOCCOCCOCCOCCOC(=O)c1ccccc1. The van der Waals surface area contributed by atoms with Gasteiger partial charge in [0.2, 0.25) is 0 Å². The average Bonchev–Trinajstić information content (AvgIpc) is 2.73. The molecular formula is C20H28O8. The van der Waals surface area contributed by atoms with Crippen LogP contribution in [0.3, 0.4) is 0 Å². The van der Waals surface area contributed by atoms with Crippen molar-refractivity contribution >= 4 is 11.9 Å². The van der Waals surface area contributed by atoms with Gasteiger partial charge in [0.05, 0.1) is 58.4 Å². The molecule has 0 spiro atoms. The molecule has 0 bridgehead atoms. The lowest BCUT2D eigenvalue weighted by Gasteiger charge is -2.08. The van der Waals surface area contributed by atoms with Crippen LogP contribution in [0.15, 0.2) is 43.0 Å². The smallest absolute Gasteiger partial charge is 0.338 e. The van der Waals surface area contributed by atoms with Gasteiger partial charge in [-0.15, -0.1) is 0 Å². The number of carbonyl (C=O) groups is 2. The largest absolute Gasteiger partial charge is 0.460 e. The van der Waals surface area contributed by atoms with E-state index >= 15 is 0 Å². The fourth-order valence-corrected chi connectivity index (χ4v) is 1.87. The van der Waals surface area contributed by atoms with Crippen LogP contribution in [0.25, 0.3) is 0 Å². The normalized spacial score (nSPS) is 10.4. The third kappa shape index (κ3) is 13.0. The molecule has 1 rings (SSSR count). The molecule has 0 N–H and O–H groups in total. The molecule has 156 valence electrons. The molecule has 28 heavy (non-hydrogen) atoms. The maximum absolute atomic E-state index is 11.7. The van der Waals surface area contributed by atoms with Crippen LogP contribution in [0.4, 0.5) is 0 Å². The first-order valence-electron chi connectivity index (χ1n) is 9.06. The van der Waals surface area contributed by atoms with Crippen molar-refractivity contribution < 1.29 is 38.0 Å². The van der Waals surface area contributed by atoms with Gasteiger partial charge in [-0.2, -0.15) is 0 Å². The lowest BCUT2D eigenvalue weighted by Crippen LogP contribution is -2.15. The van der Waals surface area contributed by atoms with Crippen LogP contribution in [0.1, 0.15) is 10.4 Å². The number of rotatable bonds is 17. The van der Waals surface area contributed by atoms with E-state index in [2.05, 4.69) is 6.58 Å². The molecule has 1 aromatic rings. The summed E-state index contributed by atoms with van der Waals surface area (Å²) in [5.74, 6) is -0.825. The molecule has 0 saturated carbocycles. The fourth-order valence-electron chi connectivity index (χ4n) is 1.87. The van der Waals surface area contributed by atoms with E-state index in [9.17, 15) is 9.59 Å². The molecule has 0 unspecified atom stereocenters. The summed E-state index contributed by atoms with van der Waals surface area (Å²) in [5.41, 5.74) is 0.521. The summed E-state index contributed by atoms with van der Waals surface area (Å²) in [6, 6.07) is 8.81. The zero-order valence-electron chi connectivity index (χ0n) is 16.0. The molecule has 0 aliphatic carbocycles. The van der Waals surface area contributed by atoms with E-state index in [1.807, 2.05) is 6.07 Å². The van der Waals surface area contributed by atoms with Crippen LogP contribution in [0, 0.1) is 0 Å². The Labute approximate surface area is 165 Å². The molecule has 8 nitrogen and oxygen atoms in total. The highest BCUT2D eigenvalue weighted by molar-refractivity contribution is 5.89. The molecule has 0 atom stereocenters. The molecular weight excluding hydrogens is 368 g/mol. The van der Waals surface area contributed by atoms with Gasteiger partial charge in [0.25, 0.3) is 0 Å². The van der Waals surface area contributed by atoms with Gasteiger partial charge in [-0.3, -0.25) is 0 Å². The molecule has 0 fully saturated rings. The van der Waals surface area contributed by atoms with Crippen LogP contribution < -0.4 is 0 Å². The second-order valence-electron chi connectivity index (χ2n) is 5.32. The Morgan fingerprint density at radius 2 is 1.11 bits per heavy atom. The Morgan fingerprint density at radius 3 is 1.57 bits per heavy atom. The fraction of sp³-hybridized carbons (Fsp3) is 0.500. The summed E-state index contributed by atoms with van der Waals surface area (Å²) in [6.45, 7) is 6.90. The maximum Gasteiger partial charge on any atom is 0.338 e. The van der Waals surface area contributed by atoms with Gasteiger partial charge >= 0.3 is 11.9 Å². The Balaban J connectivity index is 1.77. The Kier molecular flexibility index (Phi) is 14.3. The number of ether oxygens (including phenoxy) is 6. The number of hydrogen-bond donors (Lipinski definition) is 0. The average molecular weight is 396 g/mol. The molecule has 8 heteroatoms. The van der Waals surface area contributed by atoms with E-state index in [1.54, 1.807) is 24.3 Å². The van der Waals surface area contributed by atoms with Gasteiger partial charge in [0.1, 0.15) is 13.2 Å². The van der Waals surface area contributed by atoms with Gasteiger partial charge in [0, 0.05) is 6.08 Å². The summed E-state index contributed by atoms with van der Waals surface area (Å²) >= 11 is 0. The van der Waals surface area contributed by atoms with E-state index in [0.717, 1.165) is 6.08 Å². The van der Waals surface area contributed by atoms with E-state index in [1.165, 1.54) is 0 Å². The Morgan fingerprint density at radius 1 is 0.679 bits per heavy atom. The standard InChI is InChI=1S/C20H28O8/c1-2-19(21)27-16-14-25-12-10-23-8-9-24-11-13-26-15-17-28-20(22)18-6-4-3-5-7-18/h2-7H,1,8-17H2. The first kappa shape index (κ1) is 23.8. The zero-order chi connectivity index (χ0) is 20.3. The second-order valence-corrected chi connectivity index (χ2v) is 5.32. The predicted octanol–water partition coefficient (Wildman–Crippen LogP) is 1.64. The summed E-state index contributed by atoms with van der Waals surface area (Å²) < 4.78 is 31.1. The van der Waals surface area contributed by atoms with Crippen molar-refractivity contribution in [2.45, 2.75) is 0 Å². The third-order valence-electron chi connectivity index (χ3n) is 3.23. The van der Waals surface area contributed by atoms with Crippen molar-refractivity contribution in [3.05, 3.63) is 48.6 Å². The number of hydrogen-bond acceptors (Lipinski definition) is 8. The van der Waals surface area contributed by atoms with Crippen molar-refractivity contribution in [2.24, 2.45) is 0 Å². The predicted molar refractivity (Wildman–Crippen MR) is 101 cm³/mol. The number of carbonyl (C=O) groups excluding carboxylic acids is 2. The lowest BCUT2D eigenvalue weighted by atomic mass is 10.2. The van der Waals surface area contributed by atoms with Gasteiger partial charge in [-0.25, -0.2) is 9.59 Å². The maximum atomic E-state index is 11.7. The van der Waals surface area contributed by atoms with Crippen molar-refractivity contribution in [1.29, 1.82) is 0 Å². The quantitative estimate of drug-likeness (QED) is 0.223. The van der Waals surface area contributed by atoms with E-state index in [-0.39, 0.29) is 19.2 Å². The van der Waals surface area contributed by atoms with Crippen molar-refractivity contribution in [3.63, 3.8) is 0 Å². The van der Waals surface area contributed by atoms with Crippen molar-refractivity contribution in [2.75, 3.05) is 66.1 Å². The summed E-state index contributed by atoms with van der Waals surface area (Å²) in [4.78, 5) is 22.4.